The Morgan fingerprint density at radius 1 is 0.850 bits per heavy atom. The molecule has 0 aliphatic carbocycles. The third kappa shape index (κ3) is 4.49. The Labute approximate surface area is 227 Å². The Hall–Kier alpha value is -4.92. The van der Waals surface area contributed by atoms with Gasteiger partial charge in [0.1, 0.15) is 11.9 Å². The number of Topliss-reactive ketones (excluding diaryl/α,β-unsaturated/α-hetero) is 1. The zero-order valence-corrected chi connectivity index (χ0v) is 20.9. The lowest BCUT2D eigenvalue weighted by molar-refractivity contribution is -0.137. The van der Waals surface area contributed by atoms with Crippen molar-refractivity contribution in [2.45, 2.75) is 25.2 Å². The summed E-state index contributed by atoms with van der Waals surface area (Å²) >= 11 is 0. The second kappa shape index (κ2) is 9.68. The fourth-order valence-electron chi connectivity index (χ4n) is 5.17. The molecule has 0 fully saturated rings. The average molecular weight is 543 g/mol. The minimum atomic E-state index is -4.48. The summed E-state index contributed by atoms with van der Waals surface area (Å²) < 4.78 is 45.2. The molecule has 4 aromatic carbocycles. The van der Waals surface area contributed by atoms with Gasteiger partial charge in [0.25, 0.3) is 11.7 Å². The Balaban J connectivity index is 1.38. The second-order valence-corrected chi connectivity index (χ2v) is 9.56. The molecule has 2 amide bonds. The van der Waals surface area contributed by atoms with E-state index in [1.807, 2.05) is 18.2 Å². The van der Waals surface area contributed by atoms with Crippen molar-refractivity contribution in [1.29, 1.82) is 0 Å². The van der Waals surface area contributed by atoms with Crippen LogP contribution in [0.2, 0.25) is 0 Å². The van der Waals surface area contributed by atoms with Crippen molar-refractivity contribution in [3.05, 3.63) is 113 Å². The molecule has 2 aliphatic heterocycles. The number of ether oxygens (including phenoxy) is 1. The molecule has 2 aliphatic rings. The number of para-hydroxylation sites is 2. The highest BCUT2D eigenvalue weighted by Crippen LogP contribution is 2.49. The van der Waals surface area contributed by atoms with Gasteiger partial charge in [0.05, 0.1) is 29.8 Å². The SMILES string of the molecule is O=C(CC1Oc2ccccc2-c2ccc3c(c21)C(=O)C(=O)N3Cc1ccc(C(F)(F)F)cc1)Nc1ccccc1. The van der Waals surface area contributed by atoms with Crippen LogP contribution in [-0.2, 0) is 22.3 Å². The van der Waals surface area contributed by atoms with Crippen LogP contribution in [-0.4, -0.2) is 17.6 Å². The van der Waals surface area contributed by atoms with E-state index in [9.17, 15) is 27.6 Å². The molecule has 1 unspecified atom stereocenters. The molecule has 0 bridgehead atoms. The van der Waals surface area contributed by atoms with Gasteiger partial charge in [-0.05, 0) is 47.5 Å². The smallest absolute Gasteiger partial charge is 0.416 e. The number of benzene rings is 4. The quantitative estimate of drug-likeness (QED) is 0.290. The Bertz CT molecular complexity index is 1650. The molecule has 6 rings (SSSR count). The molecule has 6 nitrogen and oxygen atoms in total. The zero-order valence-electron chi connectivity index (χ0n) is 20.9. The lowest BCUT2D eigenvalue weighted by Gasteiger charge is -2.30. The highest BCUT2D eigenvalue weighted by molar-refractivity contribution is 6.52. The number of carbonyl (C=O) groups excluding carboxylic acids is 3. The molecule has 0 saturated heterocycles. The van der Waals surface area contributed by atoms with Crippen LogP contribution < -0.4 is 15.0 Å². The number of carbonyl (C=O) groups is 3. The van der Waals surface area contributed by atoms with Crippen LogP contribution in [0.15, 0.2) is 91.0 Å². The highest BCUT2D eigenvalue weighted by atomic mass is 19.4. The van der Waals surface area contributed by atoms with E-state index in [-0.39, 0.29) is 24.4 Å². The van der Waals surface area contributed by atoms with Crippen LogP contribution in [0.1, 0.15) is 39.6 Å². The van der Waals surface area contributed by atoms with Crippen LogP contribution in [0, 0.1) is 0 Å². The van der Waals surface area contributed by atoms with Gasteiger partial charge in [-0.25, -0.2) is 0 Å². The van der Waals surface area contributed by atoms with Crippen molar-refractivity contribution < 1.29 is 32.3 Å². The second-order valence-electron chi connectivity index (χ2n) is 9.56. The molecule has 4 aromatic rings. The number of fused-ring (bicyclic) bond motifs is 5. The molecule has 0 saturated carbocycles. The maximum atomic E-state index is 13.4. The Morgan fingerprint density at radius 2 is 1.55 bits per heavy atom. The highest BCUT2D eigenvalue weighted by Gasteiger charge is 2.43. The normalized spacial score (nSPS) is 15.7. The third-order valence-corrected chi connectivity index (χ3v) is 7.00. The number of hydrogen-bond acceptors (Lipinski definition) is 4. The molecule has 200 valence electrons. The average Bonchev–Trinajstić information content (AvgIpc) is 3.18. The van der Waals surface area contributed by atoms with Crippen molar-refractivity contribution in [2.75, 3.05) is 10.2 Å². The first kappa shape index (κ1) is 25.4. The van der Waals surface area contributed by atoms with Crippen LogP contribution >= 0.6 is 0 Å². The molecular formula is C31H21F3N2O4. The molecule has 40 heavy (non-hydrogen) atoms. The monoisotopic (exact) mass is 542 g/mol. The van der Waals surface area contributed by atoms with Gasteiger partial charge in [0.15, 0.2) is 0 Å². The number of anilines is 2. The van der Waals surface area contributed by atoms with E-state index in [1.165, 1.54) is 17.0 Å². The number of ketones is 1. The van der Waals surface area contributed by atoms with Crippen molar-refractivity contribution in [3.8, 4) is 16.9 Å². The molecule has 0 aromatic heterocycles. The predicted octanol–water partition coefficient (Wildman–Crippen LogP) is 6.56. The Kier molecular flexibility index (Phi) is 6.14. The largest absolute Gasteiger partial charge is 0.484 e. The number of nitrogens with zero attached hydrogens (tertiary/aromatic N) is 1. The van der Waals surface area contributed by atoms with Crippen molar-refractivity contribution in [3.63, 3.8) is 0 Å². The summed E-state index contributed by atoms with van der Waals surface area (Å²) in [5.74, 6) is -1.34. The van der Waals surface area contributed by atoms with E-state index in [2.05, 4.69) is 5.32 Å². The van der Waals surface area contributed by atoms with Crippen molar-refractivity contribution >= 4 is 29.0 Å². The first-order valence-electron chi connectivity index (χ1n) is 12.5. The van der Waals surface area contributed by atoms with E-state index in [1.54, 1.807) is 48.5 Å². The van der Waals surface area contributed by atoms with Crippen LogP contribution in [0.25, 0.3) is 11.1 Å². The summed E-state index contributed by atoms with van der Waals surface area (Å²) in [6.07, 6.45) is -5.46. The van der Waals surface area contributed by atoms with E-state index >= 15 is 0 Å². The van der Waals surface area contributed by atoms with Gasteiger partial charge in [-0.2, -0.15) is 13.2 Å². The summed E-state index contributed by atoms with van der Waals surface area (Å²) in [6, 6.07) is 24.0. The van der Waals surface area contributed by atoms with Crippen molar-refractivity contribution in [1.82, 2.24) is 0 Å². The first-order chi connectivity index (χ1) is 19.2. The number of amides is 2. The third-order valence-electron chi connectivity index (χ3n) is 7.00. The van der Waals surface area contributed by atoms with Gasteiger partial charge >= 0.3 is 6.18 Å². The van der Waals surface area contributed by atoms with Gasteiger partial charge in [-0.1, -0.05) is 54.6 Å². The standard InChI is InChI=1S/C31H21F3N2O4/c32-31(33,34)19-12-10-18(11-13-19)17-36-23-15-14-22-21-8-4-5-9-24(21)40-25(27(22)28(23)29(38)30(36)39)16-26(37)35-20-6-2-1-3-7-20/h1-15,25H,16-17H2,(H,35,37). The van der Waals surface area contributed by atoms with Gasteiger partial charge in [0.2, 0.25) is 5.91 Å². The van der Waals surface area contributed by atoms with Crippen LogP contribution in [0.4, 0.5) is 24.5 Å². The van der Waals surface area contributed by atoms with Gasteiger partial charge in [0, 0.05) is 16.8 Å². The molecule has 2 heterocycles. The number of rotatable bonds is 5. The van der Waals surface area contributed by atoms with E-state index in [0.29, 0.717) is 33.8 Å². The number of hydrogen-bond donors (Lipinski definition) is 1. The molecule has 1 atom stereocenters. The fraction of sp³-hybridized carbons (Fsp3) is 0.129. The molecular weight excluding hydrogens is 521 g/mol. The first-order valence-corrected chi connectivity index (χ1v) is 12.5. The maximum absolute atomic E-state index is 13.4. The molecule has 0 spiro atoms. The molecule has 0 radical (unpaired) electrons. The molecule has 1 N–H and O–H groups in total. The van der Waals surface area contributed by atoms with Crippen LogP contribution in [0.5, 0.6) is 5.75 Å². The predicted molar refractivity (Wildman–Crippen MR) is 142 cm³/mol. The fourth-order valence-corrected chi connectivity index (χ4v) is 5.17. The minimum Gasteiger partial charge on any atom is -0.484 e. The van der Waals surface area contributed by atoms with Gasteiger partial charge in [-0.15, -0.1) is 0 Å². The number of nitrogens with one attached hydrogen (secondary N) is 1. The topological polar surface area (TPSA) is 75.7 Å². The zero-order chi connectivity index (χ0) is 28.0. The van der Waals surface area contributed by atoms with E-state index < -0.39 is 29.5 Å². The minimum absolute atomic E-state index is 0.0922. The lowest BCUT2D eigenvalue weighted by Crippen LogP contribution is -2.29. The summed E-state index contributed by atoms with van der Waals surface area (Å²) in [7, 11) is 0. The summed E-state index contributed by atoms with van der Waals surface area (Å²) in [4.78, 5) is 40.8. The van der Waals surface area contributed by atoms with E-state index in [4.69, 9.17) is 4.74 Å². The Morgan fingerprint density at radius 3 is 2.27 bits per heavy atom. The summed E-state index contributed by atoms with van der Waals surface area (Å²) in [5.41, 5.74) is 2.54. The van der Waals surface area contributed by atoms with E-state index in [0.717, 1.165) is 17.7 Å². The molecule has 9 heteroatoms. The lowest BCUT2D eigenvalue weighted by atomic mass is 9.86. The maximum Gasteiger partial charge on any atom is 0.416 e. The van der Waals surface area contributed by atoms with Gasteiger partial charge in [-0.3, -0.25) is 14.4 Å². The summed E-state index contributed by atoms with van der Waals surface area (Å²) in [6.45, 7) is -0.0922. The summed E-state index contributed by atoms with van der Waals surface area (Å²) in [5, 5.41) is 2.83. The number of halogens is 3. The number of alkyl halides is 3. The van der Waals surface area contributed by atoms with Crippen LogP contribution in [0.3, 0.4) is 0 Å². The van der Waals surface area contributed by atoms with Crippen molar-refractivity contribution in [2.24, 2.45) is 0 Å². The van der Waals surface area contributed by atoms with Gasteiger partial charge < -0.3 is 15.0 Å².